The van der Waals surface area contributed by atoms with Crippen LogP contribution in [-0.4, -0.2) is 5.88 Å². The molecule has 0 nitrogen and oxygen atoms in total. The Kier molecular flexibility index (Phi) is 3.80. The summed E-state index contributed by atoms with van der Waals surface area (Å²) >= 11 is 5.53. The van der Waals surface area contributed by atoms with Crippen molar-refractivity contribution in [2.24, 2.45) is 0 Å². The second-order valence-corrected chi connectivity index (χ2v) is 3.52. The van der Waals surface area contributed by atoms with Gasteiger partial charge in [0.1, 0.15) is 0 Å². The Labute approximate surface area is 91.4 Å². The van der Waals surface area contributed by atoms with E-state index < -0.39 is 11.7 Å². The van der Waals surface area contributed by atoms with E-state index in [-0.39, 0.29) is 0 Å². The first-order valence-electron chi connectivity index (χ1n) is 4.32. The number of benzene rings is 1. The number of allylic oxidation sites excluding steroid dienone is 1. The van der Waals surface area contributed by atoms with Crippen molar-refractivity contribution in [3.8, 4) is 0 Å². The predicted molar refractivity (Wildman–Crippen MR) is 55.0 cm³/mol. The lowest BCUT2D eigenvalue weighted by molar-refractivity contribution is -0.137. The van der Waals surface area contributed by atoms with Gasteiger partial charge in [0.2, 0.25) is 0 Å². The van der Waals surface area contributed by atoms with Gasteiger partial charge in [0, 0.05) is 5.88 Å². The van der Waals surface area contributed by atoms with Crippen LogP contribution in [-0.2, 0) is 12.6 Å². The average Bonchev–Trinajstić information content (AvgIpc) is 2.17. The van der Waals surface area contributed by atoms with Crippen LogP contribution in [0.3, 0.4) is 0 Å². The number of rotatable bonds is 3. The van der Waals surface area contributed by atoms with Gasteiger partial charge in [0.15, 0.2) is 0 Å². The van der Waals surface area contributed by atoms with E-state index in [9.17, 15) is 13.2 Å². The predicted octanol–water partition coefficient (Wildman–Crippen LogP) is 4.04. The summed E-state index contributed by atoms with van der Waals surface area (Å²) in [5, 5.41) is 0. The summed E-state index contributed by atoms with van der Waals surface area (Å²) in [6.07, 6.45) is -3.76. The minimum atomic E-state index is -4.28. The summed E-state index contributed by atoms with van der Waals surface area (Å²) in [4.78, 5) is 0. The molecule has 0 aliphatic heterocycles. The molecule has 1 aromatic rings. The summed E-state index contributed by atoms with van der Waals surface area (Å²) in [5.41, 5.74) is 0.938. The summed E-state index contributed by atoms with van der Waals surface area (Å²) in [5.74, 6) is 0.320. The van der Waals surface area contributed by atoms with E-state index in [1.807, 2.05) is 0 Å². The van der Waals surface area contributed by atoms with Gasteiger partial charge < -0.3 is 0 Å². The van der Waals surface area contributed by atoms with E-state index in [2.05, 4.69) is 6.58 Å². The molecule has 0 aromatic heterocycles. The second kappa shape index (κ2) is 4.71. The Morgan fingerprint density at radius 2 is 1.73 bits per heavy atom. The van der Waals surface area contributed by atoms with Gasteiger partial charge >= 0.3 is 6.18 Å². The quantitative estimate of drug-likeness (QED) is 0.547. The summed E-state index contributed by atoms with van der Waals surface area (Å²) in [6.45, 7) is 3.69. The zero-order valence-corrected chi connectivity index (χ0v) is 8.70. The normalized spacial score (nSPS) is 11.5. The van der Waals surface area contributed by atoms with E-state index in [0.717, 1.165) is 23.3 Å². The third-order valence-electron chi connectivity index (χ3n) is 1.92. The molecule has 0 heterocycles. The molecule has 15 heavy (non-hydrogen) atoms. The molecule has 4 heteroatoms. The van der Waals surface area contributed by atoms with Crippen LogP contribution < -0.4 is 0 Å². The number of hydrogen-bond acceptors (Lipinski definition) is 0. The molecule has 0 spiro atoms. The van der Waals surface area contributed by atoms with Gasteiger partial charge in [0.25, 0.3) is 0 Å². The van der Waals surface area contributed by atoms with Crippen LogP contribution in [0.25, 0.3) is 0 Å². The minimum Gasteiger partial charge on any atom is -0.166 e. The lowest BCUT2D eigenvalue weighted by Gasteiger charge is -2.07. The highest BCUT2D eigenvalue weighted by molar-refractivity contribution is 6.19. The maximum absolute atomic E-state index is 12.2. The van der Waals surface area contributed by atoms with Crippen molar-refractivity contribution in [3.05, 3.63) is 47.5 Å². The molecule has 82 valence electrons. The number of alkyl halides is 4. The summed E-state index contributed by atoms with van der Waals surface area (Å²) in [6, 6.07) is 5.02. The van der Waals surface area contributed by atoms with Crippen molar-refractivity contribution < 1.29 is 13.2 Å². The highest BCUT2D eigenvalue weighted by Gasteiger charge is 2.29. The zero-order valence-electron chi connectivity index (χ0n) is 7.94. The Hall–Kier alpha value is -0.960. The Morgan fingerprint density at radius 1 is 1.20 bits per heavy atom. The molecule has 0 unspecified atom stereocenters. The van der Waals surface area contributed by atoms with Crippen molar-refractivity contribution in [1.29, 1.82) is 0 Å². The van der Waals surface area contributed by atoms with E-state index in [4.69, 9.17) is 11.6 Å². The SMILES string of the molecule is C=C(CCl)Cc1ccc(C(F)(F)F)cc1. The van der Waals surface area contributed by atoms with Crippen LogP contribution in [0.1, 0.15) is 11.1 Å². The van der Waals surface area contributed by atoms with E-state index >= 15 is 0 Å². The molecule has 1 rings (SSSR count). The molecule has 0 saturated carbocycles. The van der Waals surface area contributed by atoms with Crippen LogP contribution in [0, 0.1) is 0 Å². The molecule has 0 N–H and O–H groups in total. The fourth-order valence-corrected chi connectivity index (χ4v) is 1.24. The average molecular weight is 235 g/mol. The molecule has 0 aliphatic rings. The first-order chi connectivity index (χ1) is 6.93. The molecule has 0 bridgehead atoms. The molecule has 0 radical (unpaired) electrons. The maximum atomic E-state index is 12.2. The molecule has 0 amide bonds. The molecule has 1 aromatic carbocycles. The van der Waals surface area contributed by atoms with Crippen LogP contribution in [0.4, 0.5) is 13.2 Å². The first kappa shape index (κ1) is 12.1. The highest BCUT2D eigenvalue weighted by Crippen LogP contribution is 2.29. The van der Waals surface area contributed by atoms with Gasteiger partial charge in [-0.2, -0.15) is 13.2 Å². The Bertz CT molecular complexity index is 338. The molecule has 0 fully saturated rings. The number of hydrogen-bond donors (Lipinski definition) is 0. The smallest absolute Gasteiger partial charge is 0.166 e. The zero-order chi connectivity index (χ0) is 11.5. The van der Waals surface area contributed by atoms with Crippen molar-refractivity contribution in [1.82, 2.24) is 0 Å². The van der Waals surface area contributed by atoms with E-state index in [1.54, 1.807) is 0 Å². The first-order valence-corrected chi connectivity index (χ1v) is 4.85. The van der Waals surface area contributed by atoms with Gasteiger partial charge in [0.05, 0.1) is 5.56 Å². The van der Waals surface area contributed by atoms with Gasteiger partial charge in [-0.1, -0.05) is 24.3 Å². The van der Waals surface area contributed by atoms with E-state index in [0.29, 0.717) is 12.3 Å². The topological polar surface area (TPSA) is 0 Å². The van der Waals surface area contributed by atoms with Crippen molar-refractivity contribution >= 4 is 11.6 Å². The van der Waals surface area contributed by atoms with Crippen LogP contribution in [0.15, 0.2) is 36.4 Å². The van der Waals surface area contributed by atoms with Crippen molar-refractivity contribution in [3.63, 3.8) is 0 Å². The van der Waals surface area contributed by atoms with Gasteiger partial charge in [-0.05, 0) is 24.1 Å². The highest BCUT2D eigenvalue weighted by atomic mass is 35.5. The molecule has 0 aliphatic carbocycles. The fraction of sp³-hybridized carbons (Fsp3) is 0.273. The largest absolute Gasteiger partial charge is 0.416 e. The molecular formula is C11H10ClF3. The second-order valence-electron chi connectivity index (χ2n) is 3.26. The summed E-state index contributed by atoms with van der Waals surface area (Å²) in [7, 11) is 0. The van der Waals surface area contributed by atoms with Crippen LogP contribution in [0.5, 0.6) is 0 Å². The standard InChI is InChI=1S/C11H10ClF3/c1-8(7-12)6-9-2-4-10(5-3-9)11(13,14)15/h2-5H,1,6-7H2. The third kappa shape index (κ3) is 3.59. The van der Waals surface area contributed by atoms with Crippen LogP contribution in [0.2, 0.25) is 0 Å². The maximum Gasteiger partial charge on any atom is 0.416 e. The van der Waals surface area contributed by atoms with Crippen LogP contribution >= 0.6 is 11.6 Å². The minimum absolute atomic E-state index is 0.320. The third-order valence-corrected chi connectivity index (χ3v) is 2.30. The molecular weight excluding hydrogens is 225 g/mol. The van der Waals surface area contributed by atoms with E-state index in [1.165, 1.54) is 12.1 Å². The number of halogens is 4. The van der Waals surface area contributed by atoms with Crippen molar-refractivity contribution in [2.75, 3.05) is 5.88 Å². The van der Waals surface area contributed by atoms with Gasteiger partial charge in [-0.15, -0.1) is 11.6 Å². The lowest BCUT2D eigenvalue weighted by atomic mass is 10.1. The van der Waals surface area contributed by atoms with Crippen molar-refractivity contribution in [2.45, 2.75) is 12.6 Å². The Morgan fingerprint density at radius 3 is 2.13 bits per heavy atom. The monoisotopic (exact) mass is 234 g/mol. The Balaban J connectivity index is 2.77. The van der Waals surface area contributed by atoms with Gasteiger partial charge in [-0.25, -0.2) is 0 Å². The molecule has 0 atom stereocenters. The van der Waals surface area contributed by atoms with Gasteiger partial charge in [-0.3, -0.25) is 0 Å². The fourth-order valence-electron chi connectivity index (χ4n) is 1.15. The lowest BCUT2D eigenvalue weighted by Crippen LogP contribution is -2.04. The summed E-state index contributed by atoms with van der Waals surface area (Å²) < 4.78 is 36.6. The molecule has 0 saturated heterocycles.